The molecule has 13 rings (SSSR count). The van der Waals surface area contributed by atoms with Gasteiger partial charge >= 0.3 is 0 Å². The molecule has 0 saturated carbocycles. The van der Waals surface area contributed by atoms with Crippen LogP contribution in [0.2, 0.25) is 0 Å². The van der Waals surface area contributed by atoms with Crippen molar-refractivity contribution < 1.29 is 0 Å². The predicted octanol–water partition coefficient (Wildman–Crippen LogP) is 13.5. The van der Waals surface area contributed by atoms with Gasteiger partial charge in [-0.05, 0) is 83.7 Å². The highest BCUT2D eigenvalue weighted by atomic mass is 15.1. The summed E-state index contributed by atoms with van der Waals surface area (Å²) in [5.41, 5.74) is 11.4. The van der Waals surface area contributed by atoms with Gasteiger partial charge in [0.2, 0.25) is 0 Å². The van der Waals surface area contributed by atoms with E-state index in [4.69, 9.17) is 9.97 Å². The van der Waals surface area contributed by atoms with E-state index < -0.39 is 0 Å². The molecule has 300 valence electrons. The van der Waals surface area contributed by atoms with Crippen LogP contribution in [0.3, 0.4) is 0 Å². The molecule has 0 unspecified atom stereocenters. The molecule has 0 aliphatic rings. The lowest BCUT2D eigenvalue weighted by molar-refractivity contribution is 1.00. The molecule has 4 heterocycles. The van der Waals surface area contributed by atoms with Crippen LogP contribution in [0.25, 0.3) is 128 Å². The zero-order valence-corrected chi connectivity index (χ0v) is 35.1. The first-order valence-electron chi connectivity index (χ1n) is 21.8. The first-order chi connectivity index (χ1) is 31.7. The summed E-state index contributed by atoms with van der Waals surface area (Å²) in [5, 5.41) is 12.9. The SMILES string of the molecule is C=C/C=c1\c(=C/C)n(-c2nc3ccccc3nc2-c2ccc3ccccc3c2)c2cc(-n3c4ccccc4c4c5c6ccccc6n(-c6cccc7ccccc67)c5ccc43)ccc12. The Balaban J connectivity index is 1.12. The van der Waals surface area contributed by atoms with Crippen molar-refractivity contribution in [3.63, 3.8) is 0 Å². The summed E-state index contributed by atoms with van der Waals surface area (Å²) in [6.07, 6.45) is 6.17. The maximum Gasteiger partial charge on any atom is 0.165 e. The number of allylic oxidation sites excluding steroid dienone is 1. The van der Waals surface area contributed by atoms with Crippen LogP contribution in [0.5, 0.6) is 0 Å². The van der Waals surface area contributed by atoms with Crippen LogP contribution in [0, 0.1) is 0 Å². The summed E-state index contributed by atoms with van der Waals surface area (Å²) in [4.78, 5) is 10.8. The Kier molecular flexibility index (Phi) is 7.90. The van der Waals surface area contributed by atoms with Gasteiger partial charge in [0, 0.05) is 48.8 Å². The minimum absolute atomic E-state index is 0.776. The molecule has 0 saturated heterocycles. The van der Waals surface area contributed by atoms with Gasteiger partial charge in [0.25, 0.3) is 0 Å². The van der Waals surface area contributed by atoms with Crippen LogP contribution in [0.1, 0.15) is 6.92 Å². The summed E-state index contributed by atoms with van der Waals surface area (Å²) in [6, 6.07) is 67.7. The van der Waals surface area contributed by atoms with Gasteiger partial charge in [0.15, 0.2) is 5.82 Å². The first kappa shape index (κ1) is 36.1. The van der Waals surface area contributed by atoms with E-state index in [9.17, 15) is 0 Å². The highest BCUT2D eigenvalue weighted by Crippen LogP contribution is 2.43. The number of rotatable bonds is 5. The molecular weight excluding hydrogens is 779 g/mol. The maximum absolute atomic E-state index is 5.47. The Morgan fingerprint density at radius 3 is 1.83 bits per heavy atom. The van der Waals surface area contributed by atoms with Crippen molar-refractivity contribution in [2.45, 2.75) is 6.92 Å². The lowest BCUT2D eigenvalue weighted by Crippen LogP contribution is -2.28. The molecule has 64 heavy (non-hydrogen) atoms. The fourth-order valence-electron chi connectivity index (χ4n) is 10.4. The molecule has 13 aromatic rings. The number of fused-ring (bicyclic) bond motifs is 11. The largest absolute Gasteiger partial charge is 0.309 e. The van der Waals surface area contributed by atoms with Gasteiger partial charge in [-0.2, -0.15) is 0 Å². The Morgan fingerprint density at radius 1 is 0.453 bits per heavy atom. The Morgan fingerprint density at radius 2 is 1.08 bits per heavy atom. The molecule has 0 radical (unpaired) electrons. The fraction of sp³-hybridized carbons (Fsp3) is 0.0169. The predicted molar refractivity (Wildman–Crippen MR) is 270 cm³/mol. The van der Waals surface area contributed by atoms with E-state index in [0.717, 1.165) is 71.7 Å². The standard InChI is InChI=1S/C59H39N5/c1-3-16-43-44-32-31-41(36-55(44)64(49(43)4-2)59-58(60-47-24-11-12-25-48(47)61-59)40-30-29-37-17-5-6-19-39(37)35-40)62-51-26-13-9-22-45(51)56-53(62)33-34-54-57(56)46-23-10-14-27-52(46)63(54)50-28-15-20-38-18-7-8-21-42(38)50/h3-36H,1H2,2H3/b43-16-,49-4+. The van der Waals surface area contributed by atoms with Gasteiger partial charge in [0.1, 0.15) is 5.69 Å². The number of para-hydroxylation sites is 4. The van der Waals surface area contributed by atoms with E-state index >= 15 is 0 Å². The second-order valence-corrected chi connectivity index (χ2v) is 16.5. The third kappa shape index (κ3) is 5.18. The number of aromatic nitrogens is 5. The van der Waals surface area contributed by atoms with Crippen molar-refractivity contribution in [2.24, 2.45) is 0 Å². The van der Waals surface area contributed by atoms with Crippen LogP contribution in [-0.2, 0) is 0 Å². The quantitative estimate of drug-likeness (QED) is 0.174. The normalized spacial score (nSPS) is 12.7. The van der Waals surface area contributed by atoms with Crippen molar-refractivity contribution in [2.75, 3.05) is 0 Å². The molecule has 9 aromatic carbocycles. The molecule has 0 aliphatic heterocycles. The van der Waals surface area contributed by atoms with Gasteiger partial charge in [-0.15, -0.1) is 0 Å². The number of benzene rings is 9. The monoisotopic (exact) mass is 817 g/mol. The van der Waals surface area contributed by atoms with Crippen LogP contribution in [-0.4, -0.2) is 23.7 Å². The molecule has 0 N–H and O–H groups in total. The molecule has 5 nitrogen and oxygen atoms in total. The molecular formula is C59H39N5. The Labute approximate surface area is 368 Å². The molecule has 4 aromatic heterocycles. The summed E-state index contributed by atoms with van der Waals surface area (Å²) < 4.78 is 7.20. The van der Waals surface area contributed by atoms with Crippen LogP contribution >= 0.6 is 0 Å². The highest BCUT2D eigenvalue weighted by molar-refractivity contribution is 6.29. The van der Waals surface area contributed by atoms with Gasteiger partial charge in [-0.3, -0.25) is 4.57 Å². The number of hydrogen-bond acceptors (Lipinski definition) is 2. The molecule has 5 heteroatoms. The highest BCUT2D eigenvalue weighted by Gasteiger charge is 2.23. The third-order valence-electron chi connectivity index (χ3n) is 13.1. The van der Waals surface area contributed by atoms with Crippen LogP contribution < -0.4 is 10.6 Å². The van der Waals surface area contributed by atoms with Crippen molar-refractivity contribution >= 4 is 99.2 Å². The van der Waals surface area contributed by atoms with Gasteiger partial charge in [0.05, 0.1) is 49.7 Å². The summed E-state index contributed by atoms with van der Waals surface area (Å²) in [6.45, 7) is 6.25. The Bertz CT molecular complexity index is 4230. The van der Waals surface area contributed by atoms with Gasteiger partial charge < -0.3 is 9.13 Å². The van der Waals surface area contributed by atoms with E-state index in [1.165, 1.54) is 54.4 Å². The molecule has 0 amide bonds. The zero-order chi connectivity index (χ0) is 42.5. The summed E-state index contributed by atoms with van der Waals surface area (Å²) >= 11 is 0. The van der Waals surface area contributed by atoms with E-state index in [-0.39, 0.29) is 0 Å². The first-order valence-corrected chi connectivity index (χ1v) is 21.8. The minimum atomic E-state index is 0.776. The van der Waals surface area contributed by atoms with E-state index in [1.54, 1.807) is 0 Å². The van der Waals surface area contributed by atoms with Crippen molar-refractivity contribution in [1.29, 1.82) is 0 Å². The summed E-state index contributed by atoms with van der Waals surface area (Å²) in [5.74, 6) is 0.776. The Hall–Kier alpha value is -8.54. The molecule has 0 fully saturated rings. The maximum atomic E-state index is 5.47. The smallest absolute Gasteiger partial charge is 0.165 e. The number of nitrogens with zero attached hydrogens (tertiary/aromatic N) is 5. The van der Waals surface area contributed by atoms with Gasteiger partial charge in [-0.1, -0.05) is 152 Å². The number of hydrogen-bond donors (Lipinski definition) is 0. The van der Waals surface area contributed by atoms with E-state index in [2.05, 4.69) is 209 Å². The summed E-state index contributed by atoms with van der Waals surface area (Å²) in [7, 11) is 0. The lowest BCUT2D eigenvalue weighted by atomic mass is 10.0. The average molecular weight is 818 g/mol. The molecule has 0 atom stereocenters. The van der Waals surface area contributed by atoms with Crippen molar-refractivity contribution in [3.05, 3.63) is 211 Å². The zero-order valence-electron chi connectivity index (χ0n) is 35.1. The topological polar surface area (TPSA) is 40.6 Å². The second-order valence-electron chi connectivity index (χ2n) is 16.5. The van der Waals surface area contributed by atoms with Crippen molar-refractivity contribution in [1.82, 2.24) is 23.7 Å². The van der Waals surface area contributed by atoms with E-state index in [1.807, 2.05) is 24.3 Å². The molecule has 0 aliphatic carbocycles. The van der Waals surface area contributed by atoms with Crippen LogP contribution in [0.4, 0.5) is 0 Å². The van der Waals surface area contributed by atoms with E-state index in [0.29, 0.717) is 0 Å². The lowest BCUT2D eigenvalue weighted by Gasteiger charge is -2.15. The van der Waals surface area contributed by atoms with Crippen LogP contribution in [0.15, 0.2) is 201 Å². The molecule has 0 spiro atoms. The second kappa shape index (κ2) is 14.0. The molecule has 0 bridgehead atoms. The fourth-order valence-corrected chi connectivity index (χ4v) is 10.4. The van der Waals surface area contributed by atoms with Gasteiger partial charge in [-0.25, -0.2) is 9.97 Å². The third-order valence-corrected chi connectivity index (χ3v) is 13.1. The van der Waals surface area contributed by atoms with Crippen molar-refractivity contribution in [3.8, 4) is 28.5 Å². The minimum Gasteiger partial charge on any atom is -0.309 e. The average Bonchev–Trinajstić information content (AvgIpc) is 3.98.